The van der Waals surface area contributed by atoms with Gasteiger partial charge in [0, 0.05) is 6.54 Å². The van der Waals surface area contributed by atoms with Gasteiger partial charge in [0.15, 0.2) is 6.10 Å². The van der Waals surface area contributed by atoms with Gasteiger partial charge in [-0.25, -0.2) is 13.1 Å². The van der Waals surface area contributed by atoms with Gasteiger partial charge in [0.25, 0.3) is 5.91 Å². The number of carbonyl (C=O) groups is 2. The van der Waals surface area contributed by atoms with Crippen molar-refractivity contribution < 1.29 is 22.7 Å². The standard InChI is InChI=1S/C19H18ClN3O5S/c1-13(19(25)23-16-8-4-2-6-14(16)12-21)28-18(24)10-11-22-29(26,27)17-9-5-3-7-15(17)20/h2-9,13,22H,10-11H2,1H3,(H,23,25). The number of anilines is 1. The SMILES string of the molecule is CC(OC(=O)CCNS(=O)(=O)c1ccccc1Cl)C(=O)Nc1ccccc1C#N. The van der Waals surface area contributed by atoms with Gasteiger partial charge in [0.05, 0.1) is 22.7 Å². The molecule has 1 amide bonds. The summed E-state index contributed by atoms with van der Waals surface area (Å²) < 4.78 is 31.6. The third-order valence-electron chi connectivity index (χ3n) is 3.73. The lowest BCUT2D eigenvalue weighted by molar-refractivity contribution is -0.152. The van der Waals surface area contributed by atoms with Gasteiger partial charge < -0.3 is 10.1 Å². The number of amides is 1. The molecule has 2 rings (SSSR count). The summed E-state index contributed by atoms with van der Waals surface area (Å²) >= 11 is 5.87. The second-order valence-corrected chi connectivity index (χ2v) is 8.00. The Morgan fingerprint density at radius 1 is 1.17 bits per heavy atom. The smallest absolute Gasteiger partial charge is 0.307 e. The number of hydrogen-bond donors (Lipinski definition) is 2. The van der Waals surface area contributed by atoms with Crippen molar-refractivity contribution in [2.75, 3.05) is 11.9 Å². The molecule has 2 aromatic carbocycles. The number of sulfonamides is 1. The molecule has 0 aromatic heterocycles. The lowest BCUT2D eigenvalue weighted by atomic mass is 10.2. The Labute approximate surface area is 173 Å². The van der Waals surface area contributed by atoms with Crippen molar-refractivity contribution in [1.29, 1.82) is 5.26 Å². The monoisotopic (exact) mass is 435 g/mol. The molecule has 1 atom stereocenters. The van der Waals surface area contributed by atoms with E-state index in [1.54, 1.807) is 24.3 Å². The van der Waals surface area contributed by atoms with E-state index < -0.39 is 28.0 Å². The first kappa shape index (κ1) is 22.4. The van der Waals surface area contributed by atoms with E-state index in [1.165, 1.54) is 31.2 Å². The number of nitrogens with zero attached hydrogens (tertiary/aromatic N) is 1. The van der Waals surface area contributed by atoms with E-state index in [4.69, 9.17) is 21.6 Å². The molecule has 10 heteroatoms. The minimum absolute atomic E-state index is 0.0607. The van der Waals surface area contributed by atoms with Crippen LogP contribution in [0.4, 0.5) is 5.69 Å². The second-order valence-electron chi connectivity index (χ2n) is 5.86. The summed E-state index contributed by atoms with van der Waals surface area (Å²) in [6, 6.07) is 14.2. The highest BCUT2D eigenvalue weighted by Gasteiger charge is 2.21. The van der Waals surface area contributed by atoms with Crippen molar-refractivity contribution in [3.05, 3.63) is 59.1 Å². The van der Waals surface area contributed by atoms with Crippen molar-refractivity contribution in [2.24, 2.45) is 0 Å². The molecule has 0 aliphatic heterocycles. The maximum atomic E-state index is 12.2. The van der Waals surface area contributed by atoms with Gasteiger partial charge >= 0.3 is 5.97 Å². The van der Waals surface area contributed by atoms with Crippen LogP contribution in [-0.2, 0) is 24.3 Å². The largest absolute Gasteiger partial charge is 0.452 e. The summed E-state index contributed by atoms with van der Waals surface area (Å²) in [6.45, 7) is 1.15. The number of hydrogen-bond acceptors (Lipinski definition) is 6. The topological polar surface area (TPSA) is 125 Å². The summed E-state index contributed by atoms with van der Waals surface area (Å²) in [6.07, 6.45) is -1.41. The molecule has 0 heterocycles. The minimum Gasteiger partial charge on any atom is -0.452 e. The van der Waals surface area contributed by atoms with E-state index >= 15 is 0 Å². The highest BCUT2D eigenvalue weighted by molar-refractivity contribution is 7.89. The fourth-order valence-electron chi connectivity index (χ4n) is 2.26. The zero-order valence-corrected chi connectivity index (χ0v) is 17.0. The summed E-state index contributed by atoms with van der Waals surface area (Å²) in [5, 5.41) is 11.6. The predicted molar refractivity (Wildman–Crippen MR) is 107 cm³/mol. The van der Waals surface area contributed by atoms with E-state index in [-0.39, 0.29) is 28.4 Å². The minimum atomic E-state index is -3.88. The van der Waals surface area contributed by atoms with Crippen LogP contribution >= 0.6 is 11.6 Å². The number of benzene rings is 2. The molecule has 0 spiro atoms. The van der Waals surface area contributed by atoms with E-state index in [0.29, 0.717) is 5.69 Å². The zero-order valence-electron chi connectivity index (χ0n) is 15.4. The molecule has 1 unspecified atom stereocenters. The van der Waals surface area contributed by atoms with E-state index in [9.17, 15) is 18.0 Å². The second kappa shape index (κ2) is 10.0. The summed E-state index contributed by atoms with van der Waals surface area (Å²) in [5.74, 6) is -1.37. The van der Waals surface area contributed by atoms with Gasteiger partial charge in [-0.3, -0.25) is 9.59 Å². The molecular formula is C19H18ClN3O5S. The normalized spacial score (nSPS) is 11.9. The number of carbonyl (C=O) groups excluding carboxylic acids is 2. The van der Waals surface area contributed by atoms with E-state index in [2.05, 4.69) is 10.0 Å². The Hall–Kier alpha value is -2.93. The van der Waals surface area contributed by atoms with Crippen molar-refractivity contribution in [1.82, 2.24) is 4.72 Å². The average Bonchev–Trinajstić information content (AvgIpc) is 2.68. The van der Waals surface area contributed by atoms with Gasteiger partial charge in [-0.05, 0) is 31.2 Å². The molecule has 0 saturated heterocycles. The highest BCUT2D eigenvalue weighted by Crippen LogP contribution is 2.20. The predicted octanol–water partition coefficient (Wildman–Crippen LogP) is 2.45. The molecular weight excluding hydrogens is 418 g/mol. The molecule has 0 bridgehead atoms. The Kier molecular flexibility index (Phi) is 7.73. The highest BCUT2D eigenvalue weighted by atomic mass is 35.5. The molecule has 0 radical (unpaired) electrons. The Morgan fingerprint density at radius 3 is 2.52 bits per heavy atom. The van der Waals surface area contributed by atoms with E-state index in [1.807, 2.05) is 6.07 Å². The number of para-hydroxylation sites is 1. The third-order valence-corrected chi connectivity index (χ3v) is 5.69. The number of nitrogens with one attached hydrogen (secondary N) is 2. The number of nitriles is 1. The Morgan fingerprint density at radius 2 is 1.83 bits per heavy atom. The number of halogens is 1. The molecule has 2 N–H and O–H groups in total. The van der Waals surface area contributed by atoms with Crippen molar-refractivity contribution in [2.45, 2.75) is 24.3 Å². The van der Waals surface area contributed by atoms with Crippen LogP contribution in [0.25, 0.3) is 0 Å². The first-order valence-corrected chi connectivity index (χ1v) is 10.3. The molecule has 152 valence electrons. The number of ether oxygens (including phenoxy) is 1. The van der Waals surface area contributed by atoms with Crippen LogP contribution in [0.5, 0.6) is 0 Å². The van der Waals surface area contributed by atoms with Crippen LogP contribution in [-0.4, -0.2) is 32.9 Å². The molecule has 0 saturated carbocycles. The fourth-order valence-corrected chi connectivity index (χ4v) is 3.81. The third kappa shape index (κ3) is 6.29. The van der Waals surface area contributed by atoms with Crippen LogP contribution in [0.15, 0.2) is 53.4 Å². The summed E-state index contributed by atoms with van der Waals surface area (Å²) in [5.41, 5.74) is 0.573. The van der Waals surface area contributed by atoms with Gasteiger partial charge in [-0.2, -0.15) is 5.26 Å². The van der Waals surface area contributed by atoms with Gasteiger partial charge in [-0.15, -0.1) is 0 Å². The summed E-state index contributed by atoms with van der Waals surface area (Å²) in [7, 11) is -3.88. The lowest BCUT2D eigenvalue weighted by Gasteiger charge is -2.14. The average molecular weight is 436 g/mol. The number of rotatable bonds is 8. The first-order valence-electron chi connectivity index (χ1n) is 8.48. The fraction of sp³-hybridized carbons (Fsp3) is 0.211. The lowest BCUT2D eigenvalue weighted by Crippen LogP contribution is -2.32. The first-order chi connectivity index (χ1) is 13.7. The molecule has 29 heavy (non-hydrogen) atoms. The quantitative estimate of drug-likeness (QED) is 0.613. The van der Waals surface area contributed by atoms with Crippen LogP contribution < -0.4 is 10.0 Å². The van der Waals surface area contributed by atoms with Crippen LogP contribution in [0, 0.1) is 11.3 Å². The maximum absolute atomic E-state index is 12.2. The molecule has 2 aromatic rings. The van der Waals surface area contributed by atoms with Crippen molar-refractivity contribution in [3.63, 3.8) is 0 Å². The van der Waals surface area contributed by atoms with Crippen LogP contribution in [0.3, 0.4) is 0 Å². The van der Waals surface area contributed by atoms with Crippen LogP contribution in [0.2, 0.25) is 5.02 Å². The molecule has 0 aliphatic rings. The van der Waals surface area contributed by atoms with Gasteiger partial charge in [-0.1, -0.05) is 35.9 Å². The van der Waals surface area contributed by atoms with Gasteiger partial charge in [0.1, 0.15) is 11.0 Å². The van der Waals surface area contributed by atoms with E-state index in [0.717, 1.165) is 0 Å². The van der Waals surface area contributed by atoms with Crippen molar-refractivity contribution >= 4 is 39.2 Å². The van der Waals surface area contributed by atoms with Crippen molar-refractivity contribution in [3.8, 4) is 6.07 Å². The molecule has 0 aliphatic carbocycles. The zero-order chi connectivity index (χ0) is 21.4. The maximum Gasteiger partial charge on any atom is 0.307 e. The molecule has 0 fully saturated rings. The Balaban J connectivity index is 1.85. The number of esters is 1. The van der Waals surface area contributed by atoms with Crippen LogP contribution in [0.1, 0.15) is 18.9 Å². The summed E-state index contributed by atoms with van der Waals surface area (Å²) in [4.78, 5) is 24.0. The van der Waals surface area contributed by atoms with Gasteiger partial charge in [0.2, 0.25) is 10.0 Å². The molecule has 8 nitrogen and oxygen atoms in total. The Bertz CT molecular complexity index is 1050.